The molecule has 0 radical (unpaired) electrons. The zero-order chi connectivity index (χ0) is 21.5. The fourth-order valence-electron chi connectivity index (χ4n) is 3.31. The van der Waals surface area contributed by atoms with E-state index in [0.29, 0.717) is 17.0 Å². The van der Waals surface area contributed by atoms with E-state index >= 15 is 0 Å². The number of aryl methyl sites for hydroxylation is 2. The summed E-state index contributed by atoms with van der Waals surface area (Å²) >= 11 is 0. The van der Waals surface area contributed by atoms with Gasteiger partial charge in [-0.2, -0.15) is 13.2 Å². The first-order chi connectivity index (χ1) is 14.2. The van der Waals surface area contributed by atoms with E-state index in [1.807, 2.05) is 10.8 Å². The van der Waals surface area contributed by atoms with E-state index in [4.69, 9.17) is 4.74 Å². The number of hydrogen-bond donors (Lipinski definition) is 1. The summed E-state index contributed by atoms with van der Waals surface area (Å²) in [4.78, 5) is 4.61. The summed E-state index contributed by atoms with van der Waals surface area (Å²) in [6.07, 6.45) is -0.799. The topological polar surface area (TPSA) is 73.2 Å². The van der Waals surface area contributed by atoms with Crippen molar-refractivity contribution in [3.05, 3.63) is 60.0 Å². The van der Waals surface area contributed by atoms with Crippen LogP contribution in [-0.2, 0) is 29.2 Å². The minimum Gasteiger partial charge on any atom is -0.457 e. The van der Waals surface area contributed by atoms with Crippen LogP contribution in [0.4, 0.5) is 13.2 Å². The zero-order valence-electron chi connectivity index (χ0n) is 15.9. The average molecular weight is 437 g/mol. The maximum Gasteiger partial charge on any atom is 0.416 e. The second kappa shape index (κ2) is 7.44. The number of halogens is 3. The van der Waals surface area contributed by atoms with Crippen molar-refractivity contribution in [2.24, 2.45) is 0 Å². The van der Waals surface area contributed by atoms with Gasteiger partial charge in [-0.25, -0.2) is 18.1 Å². The molecule has 0 aliphatic carbocycles. The summed E-state index contributed by atoms with van der Waals surface area (Å²) in [7, 11) is -2.39. The summed E-state index contributed by atoms with van der Waals surface area (Å²) in [6, 6.07) is 8.60. The fourth-order valence-corrected chi connectivity index (χ4v) is 4.06. The van der Waals surface area contributed by atoms with Gasteiger partial charge in [-0.15, -0.1) is 0 Å². The Bertz CT molecular complexity index is 1160. The predicted molar refractivity (Wildman–Crippen MR) is 104 cm³/mol. The van der Waals surface area contributed by atoms with Gasteiger partial charge in [0, 0.05) is 24.7 Å². The van der Waals surface area contributed by atoms with Crippen molar-refractivity contribution in [2.75, 3.05) is 7.05 Å². The molecule has 0 atom stereocenters. The van der Waals surface area contributed by atoms with Crippen LogP contribution in [0, 0.1) is 0 Å². The molecule has 0 fully saturated rings. The first kappa shape index (κ1) is 20.4. The van der Waals surface area contributed by atoms with Crippen LogP contribution in [0.15, 0.2) is 53.6 Å². The summed E-state index contributed by atoms with van der Waals surface area (Å²) in [5.41, 5.74) is 0.198. The van der Waals surface area contributed by atoms with E-state index < -0.39 is 21.8 Å². The molecule has 1 aliphatic heterocycles. The number of nitrogens with one attached hydrogen (secondary N) is 1. The van der Waals surface area contributed by atoms with Crippen LogP contribution in [0.5, 0.6) is 11.5 Å². The van der Waals surface area contributed by atoms with Gasteiger partial charge in [0.2, 0.25) is 10.0 Å². The molecule has 2 heterocycles. The molecular weight excluding hydrogens is 419 g/mol. The molecule has 0 unspecified atom stereocenters. The monoisotopic (exact) mass is 437 g/mol. The molecule has 6 nitrogen and oxygen atoms in total. The van der Waals surface area contributed by atoms with E-state index in [1.165, 1.54) is 37.4 Å². The van der Waals surface area contributed by atoms with Gasteiger partial charge in [0.05, 0.1) is 16.2 Å². The number of ether oxygens (including phenoxy) is 1. The van der Waals surface area contributed by atoms with Gasteiger partial charge in [-0.1, -0.05) is 0 Å². The SMILES string of the molecule is CNS(=O)(=O)c1ccc(Oc2ccc(C(F)(F)F)cc2)c(-c2cn3c(n2)CCC3)c1. The van der Waals surface area contributed by atoms with Crippen LogP contribution >= 0.6 is 0 Å². The third kappa shape index (κ3) is 3.92. The van der Waals surface area contributed by atoms with Gasteiger partial charge in [-0.3, -0.25) is 0 Å². The predicted octanol–water partition coefficient (Wildman–Crippen LogP) is 4.22. The first-order valence-corrected chi connectivity index (χ1v) is 10.6. The van der Waals surface area contributed by atoms with Crippen molar-refractivity contribution in [3.63, 3.8) is 0 Å². The maximum atomic E-state index is 12.8. The largest absolute Gasteiger partial charge is 0.457 e. The Morgan fingerprint density at radius 3 is 2.50 bits per heavy atom. The molecular formula is C20H18F3N3O3S. The van der Waals surface area contributed by atoms with Gasteiger partial charge >= 0.3 is 6.18 Å². The summed E-state index contributed by atoms with van der Waals surface area (Å²) in [5.74, 6) is 1.38. The lowest BCUT2D eigenvalue weighted by atomic mass is 10.1. The van der Waals surface area contributed by atoms with Gasteiger partial charge < -0.3 is 9.30 Å². The lowest BCUT2D eigenvalue weighted by molar-refractivity contribution is -0.137. The number of alkyl halides is 3. The van der Waals surface area contributed by atoms with Crippen molar-refractivity contribution >= 4 is 10.0 Å². The van der Waals surface area contributed by atoms with Gasteiger partial charge in [0.15, 0.2) is 0 Å². The zero-order valence-corrected chi connectivity index (χ0v) is 16.7. The number of nitrogens with zero attached hydrogens (tertiary/aromatic N) is 2. The van der Waals surface area contributed by atoms with E-state index in [-0.39, 0.29) is 10.6 Å². The number of rotatable bonds is 5. The van der Waals surface area contributed by atoms with E-state index in [0.717, 1.165) is 37.3 Å². The van der Waals surface area contributed by atoms with E-state index in [9.17, 15) is 21.6 Å². The Morgan fingerprint density at radius 2 is 1.87 bits per heavy atom. The van der Waals surface area contributed by atoms with Crippen LogP contribution < -0.4 is 9.46 Å². The molecule has 4 rings (SSSR count). The molecule has 10 heteroatoms. The van der Waals surface area contributed by atoms with Gasteiger partial charge in [-0.05, 0) is 55.9 Å². The molecule has 2 aromatic carbocycles. The first-order valence-electron chi connectivity index (χ1n) is 9.16. The Hall–Kier alpha value is -2.85. The molecule has 0 spiro atoms. The minimum atomic E-state index is -4.44. The molecule has 0 saturated heterocycles. The molecule has 0 amide bonds. The van der Waals surface area contributed by atoms with Crippen LogP contribution in [0.25, 0.3) is 11.3 Å². The third-order valence-corrected chi connectivity index (χ3v) is 6.29. The highest BCUT2D eigenvalue weighted by Gasteiger charge is 2.30. The number of imidazole rings is 1. The fraction of sp³-hybridized carbons (Fsp3) is 0.250. The second-order valence-corrected chi connectivity index (χ2v) is 8.72. The molecule has 158 valence electrons. The number of fused-ring (bicyclic) bond motifs is 1. The van der Waals surface area contributed by atoms with Crippen molar-refractivity contribution in [2.45, 2.75) is 30.5 Å². The maximum absolute atomic E-state index is 12.8. The number of sulfonamides is 1. The lowest BCUT2D eigenvalue weighted by Crippen LogP contribution is -2.18. The standard InChI is InChI=1S/C20H18F3N3O3S/c1-24-30(27,28)15-8-9-18(29-14-6-4-13(5-7-14)20(21,22)23)16(11-15)17-12-26-10-2-3-19(26)25-17/h4-9,11-12,24H,2-3,10H2,1H3. The molecule has 1 aromatic heterocycles. The number of hydrogen-bond acceptors (Lipinski definition) is 4. The minimum absolute atomic E-state index is 0.0351. The Labute approximate surface area is 171 Å². The highest BCUT2D eigenvalue weighted by Crippen LogP contribution is 2.37. The highest BCUT2D eigenvalue weighted by molar-refractivity contribution is 7.89. The van der Waals surface area contributed by atoms with Crippen molar-refractivity contribution in [1.29, 1.82) is 0 Å². The average Bonchev–Trinajstić information content (AvgIpc) is 3.30. The molecule has 3 aromatic rings. The number of benzene rings is 2. The third-order valence-electron chi connectivity index (χ3n) is 4.87. The summed E-state index contributed by atoms with van der Waals surface area (Å²) in [5, 5.41) is 0. The molecule has 0 bridgehead atoms. The quantitative estimate of drug-likeness (QED) is 0.649. The van der Waals surface area contributed by atoms with Crippen LogP contribution in [0.1, 0.15) is 17.8 Å². The molecule has 1 N–H and O–H groups in total. The molecule has 1 aliphatic rings. The van der Waals surface area contributed by atoms with E-state index in [2.05, 4.69) is 9.71 Å². The van der Waals surface area contributed by atoms with Crippen LogP contribution in [0.3, 0.4) is 0 Å². The smallest absolute Gasteiger partial charge is 0.416 e. The van der Waals surface area contributed by atoms with Crippen LogP contribution in [-0.4, -0.2) is 25.0 Å². The van der Waals surface area contributed by atoms with Gasteiger partial charge in [0.1, 0.15) is 17.3 Å². The molecule has 30 heavy (non-hydrogen) atoms. The van der Waals surface area contributed by atoms with Gasteiger partial charge in [0.25, 0.3) is 0 Å². The number of aromatic nitrogens is 2. The van der Waals surface area contributed by atoms with Crippen molar-refractivity contribution < 1.29 is 26.3 Å². The highest BCUT2D eigenvalue weighted by atomic mass is 32.2. The normalized spacial score (nSPS) is 14.0. The van der Waals surface area contributed by atoms with Crippen molar-refractivity contribution in [1.82, 2.24) is 14.3 Å². The summed E-state index contributed by atoms with van der Waals surface area (Å²) in [6.45, 7) is 0.825. The Morgan fingerprint density at radius 1 is 1.13 bits per heavy atom. The van der Waals surface area contributed by atoms with Crippen LogP contribution in [0.2, 0.25) is 0 Å². The molecule has 0 saturated carbocycles. The Balaban J connectivity index is 1.75. The Kier molecular flexibility index (Phi) is 5.07. The van der Waals surface area contributed by atoms with Crippen molar-refractivity contribution in [3.8, 4) is 22.8 Å². The lowest BCUT2D eigenvalue weighted by Gasteiger charge is -2.13. The van der Waals surface area contributed by atoms with E-state index in [1.54, 1.807) is 0 Å². The summed E-state index contributed by atoms with van der Waals surface area (Å²) < 4.78 is 72.9. The second-order valence-electron chi connectivity index (χ2n) is 6.83.